The van der Waals surface area contributed by atoms with E-state index in [9.17, 15) is 5.26 Å². The van der Waals surface area contributed by atoms with Crippen LogP contribution in [0.5, 0.6) is 0 Å². The number of hydrogen-bond donors (Lipinski definition) is 0. The summed E-state index contributed by atoms with van der Waals surface area (Å²) in [6.45, 7) is 3.71. The van der Waals surface area contributed by atoms with Crippen LogP contribution in [0.25, 0.3) is 28.2 Å². The number of furan rings is 1. The van der Waals surface area contributed by atoms with Crippen molar-refractivity contribution in [2.45, 2.75) is 19.6 Å². The molecule has 1 aliphatic rings. The first kappa shape index (κ1) is 22.9. The lowest BCUT2D eigenvalue weighted by Crippen LogP contribution is -2.30. The number of rotatable bonds is 5. The van der Waals surface area contributed by atoms with Crippen molar-refractivity contribution in [1.29, 1.82) is 5.26 Å². The minimum absolute atomic E-state index is 0.241. The fraction of sp³-hybridized carbons (Fsp3) is 0.0968. The number of ether oxygens (including phenoxy) is 2. The first-order valence-corrected chi connectivity index (χ1v) is 11.6. The molecule has 5 nitrogen and oxygen atoms in total. The van der Waals surface area contributed by atoms with Crippen molar-refractivity contribution in [1.82, 2.24) is 0 Å². The lowest BCUT2D eigenvalue weighted by atomic mass is 9.98. The summed E-state index contributed by atoms with van der Waals surface area (Å²) in [4.78, 5) is 4.51. The number of aliphatic imine (C=N–C) groups is 1. The van der Waals surface area contributed by atoms with Gasteiger partial charge in [-0.3, -0.25) is 0 Å². The van der Waals surface area contributed by atoms with Crippen molar-refractivity contribution in [3.8, 4) is 28.5 Å². The largest absolute Gasteiger partial charge is 0.453 e. The molecule has 0 saturated carbocycles. The second-order valence-corrected chi connectivity index (χ2v) is 8.66. The molecule has 3 aromatic carbocycles. The SMILES string of the molecule is CC1(C)OC(c2ccccc2)=C/C(=C/C=N/c2oc(-c3ccccc3)c(-c3ccccc3)c2C#N)O1. The van der Waals surface area contributed by atoms with Gasteiger partial charge >= 0.3 is 0 Å². The molecule has 0 bridgehead atoms. The first-order chi connectivity index (χ1) is 17.5. The molecular formula is C31H24N2O3. The Morgan fingerprint density at radius 3 is 1.97 bits per heavy atom. The van der Waals surface area contributed by atoms with Crippen molar-refractivity contribution >= 4 is 17.9 Å². The van der Waals surface area contributed by atoms with Gasteiger partial charge in [-0.05, 0) is 11.6 Å². The van der Waals surface area contributed by atoms with E-state index in [1.54, 1.807) is 12.3 Å². The Labute approximate surface area is 210 Å². The second-order valence-electron chi connectivity index (χ2n) is 8.66. The van der Waals surface area contributed by atoms with Crippen molar-refractivity contribution < 1.29 is 13.9 Å². The van der Waals surface area contributed by atoms with E-state index in [1.807, 2.05) is 111 Å². The Bertz CT molecular complexity index is 1490. The summed E-state index contributed by atoms with van der Waals surface area (Å²) in [5.41, 5.74) is 3.82. The van der Waals surface area contributed by atoms with E-state index in [1.165, 1.54) is 0 Å². The van der Waals surface area contributed by atoms with Crippen LogP contribution >= 0.6 is 0 Å². The highest BCUT2D eigenvalue weighted by molar-refractivity contribution is 5.89. The summed E-state index contributed by atoms with van der Waals surface area (Å²) < 4.78 is 18.1. The van der Waals surface area contributed by atoms with Gasteiger partial charge in [0.05, 0.1) is 0 Å². The third-order valence-corrected chi connectivity index (χ3v) is 5.58. The molecule has 0 fully saturated rings. The highest BCUT2D eigenvalue weighted by Gasteiger charge is 2.28. The normalized spacial score (nSPS) is 15.7. The topological polar surface area (TPSA) is 67.8 Å². The first-order valence-electron chi connectivity index (χ1n) is 11.6. The van der Waals surface area contributed by atoms with Gasteiger partial charge in [-0.1, -0.05) is 91.0 Å². The summed E-state index contributed by atoms with van der Waals surface area (Å²) in [5.74, 6) is 1.30. The molecule has 0 atom stereocenters. The molecule has 0 aliphatic carbocycles. The molecule has 0 amide bonds. The summed E-state index contributed by atoms with van der Waals surface area (Å²) in [5, 5.41) is 10.0. The number of benzene rings is 3. The van der Waals surface area contributed by atoms with E-state index in [2.05, 4.69) is 11.1 Å². The van der Waals surface area contributed by atoms with E-state index in [0.29, 0.717) is 22.8 Å². The molecule has 2 heterocycles. The quantitative estimate of drug-likeness (QED) is 0.277. The Morgan fingerprint density at radius 2 is 1.36 bits per heavy atom. The average molecular weight is 473 g/mol. The molecule has 0 radical (unpaired) electrons. The molecule has 176 valence electrons. The molecule has 0 N–H and O–H groups in total. The molecule has 0 saturated heterocycles. The van der Waals surface area contributed by atoms with Crippen molar-refractivity contribution in [3.63, 3.8) is 0 Å². The van der Waals surface area contributed by atoms with E-state index in [4.69, 9.17) is 13.9 Å². The van der Waals surface area contributed by atoms with Crippen LogP contribution in [0.4, 0.5) is 5.88 Å². The highest BCUT2D eigenvalue weighted by atomic mass is 16.7. The smallest absolute Gasteiger partial charge is 0.245 e. The van der Waals surface area contributed by atoms with E-state index in [0.717, 1.165) is 22.3 Å². The molecule has 5 rings (SSSR count). The van der Waals surface area contributed by atoms with Crippen LogP contribution in [0.15, 0.2) is 118 Å². The van der Waals surface area contributed by atoms with Gasteiger partial charge in [0.15, 0.2) is 0 Å². The van der Waals surface area contributed by atoms with Crippen molar-refractivity contribution in [3.05, 3.63) is 120 Å². The summed E-state index contributed by atoms with van der Waals surface area (Å²) in [6.07, 6.45) is 5.14. The Hall–Kier alpha value is -4.82. The molecule has 36 heavy (non-hydrogen) atoms. The minimum Gasteiger partial charge on any atom is -0.453 e. The predicted octanol–water partition coefficient (Wildman–Crippen LogP) is 7.90. The van der Waals surface area contributed by atoms with Crippen LogP contribution in [-0.2, 0) is 9.47 Å². The van der Waals surface area contributed by atoms with Crippen LogP contribution in [0.3, 0.4) is 0 Å². The highest BCUT2D eigenvalue weighted by Crippen LogP contribution is 2.42. The molecule has 5 heteroatoms. The van der Waals surface area contributed by atoms with Gasteiger partial charge in [0, 0.05) is 42.8 Å². The molecule has 4 aromatic rings. The number of hydrogen-bond acceptors (Lipinski definition) is 5. The second kappa shape index (κ2) is 9.81. The van der Waals surface area contributed by atoms with Crippen LogP contribution in [0.2, 0.25) is 0 Å². The van der Waals surface area contributed by atoms with Crippen LogP contribution < -0.4 is 0 Å². The van der Waals surface area contributed by atoms with Gasteiger partial charge in [0.25, 0.3) is 0 Å². The summed E-state index contributed by atoms with van der Waals surface area (Å²) in [7, 11) is 0. The molecular weight excluding hydrogens is 448 g/mol. The Kier molecular flexibility index (Phi) is 6.25. The number of nitriles is 1. The monoisotopic (exact) mass is 472 g/mol. The van der Waals surface area contributed by atoms with Gasteiger partial charge in [0.1, 0.15) is 28.9 Å². The maximum Gasteiger partial charge on any atom is 0.245 e. The third kappa shape index (κ3) is 4.84. The maximum absolute atomic E-state index is 10.0. The Morgan fingerprint density at radius 1 is 0.778 bits per heavy atom. The number of nitrogens with zero attached hydrogens (tertiary/aromatic N) is 2. The lowest BCUT2D eigenvalue weighted by molar-refractivity contribution is -0.149. The number of allylic oxidation sites excluding steroid dienone is 2. The lowest BCUT2D eigenvalue weighted by Gasteiger charge is -2.33. The average Bonchev–Trinajstić information content (AvgIpc) is 3.28. The van der Waals surface area contributed by atoms with Gasteiger partial charge in [-0.25, -0.2) is 4.99 Å². The van der Waals surface area contributed by atoms with Gasteiger partial charge < -0.3 is 13.9 Å². The zero-order valence-corrected chi connectivity index (χ0v) is 20.0. The zero-order chi connectivity index (χ0) is 25.0. The fourth-order valence-electron chi connectivity index (χ4n) is 4.05. The zero-order valence-electron chi connectivity index (χ0n) is 20.0. The van der Waals surface area contributed by atoms with E-state index in [-0.39, 0.29) is 5.88 Å². The van der Waals surface area contributed by atoms with Crippen LogP contribution in [0.1, 0.15) is 25.0 Å². The Balaban J connectivity index is 1.55. The molecule has 0 spiro atoms. The molecule has 1 aromatic heterocycles. The standard InChI is InChI=1S/C31H24N2O3/c1-31(2)35-25(20-27(36-31)22-12-6-3-7-13-22)18-19-33-30-26(21-32)28(23-14-8-4-9-15-23)29(34-30)24-16-10-5-11-17-24/h3-20H,1-2H3/b25-18-,33-19+. The summed E-state index contributed by atoms with van der Waals surface area (Å²) in [6, 6.07) is 31.6. The predicted molar refractivity (Wildman–Crippen MR) is 141 cm³/mol. The maximum atomic E-state index is 10.0. The van der Waals surface area contributed by atoms with Gasteiger partial charge in [-0.15, -0.1) is 0 Å². The van der Waals surface area contributed by atoms with Crippen LogP contribution in [-0.4, -0.2) is 12.0 Å². The minimum atomic E-state index is -0.844. The molecule has 0 unspecified atom stereocenters. The van der Waals surface area contributed by atoms with Crippen LogP contribution in [0, 0.1) is 11.3 Å². The van der Waals surface area contributed by atoms with Crippen molar-refractivity contribution in [2.24, 2.45) is 4.99 Å². The fourth-order valence-corrected chi connectivity index (χ4v) is 4.05. The van der Waals surface area contributed by atoms with E-state index < -0.39 is 5.79 Å². The van der Waals surface area contributed by atoms with Crippen molar-refractivity contribution in [2.75, 3.05) is 0 Å². The summed E-state index contributed by atoms with van der Waals surface area (Å²) >= 11 is 0. The van der Waals surface area contributed by atoms with E-state index >= 15 is 0 Å². The molecule has 1 aliphatic heterocycles. The third-order valence-electron chi connectivity index (χ3n) is 5.58. The van der Waals surface area contributed by atoms with Gasteiger partial charge in [-0.2, -0.15) is 5.26 Å². The van der Waals surface area contributed by atoms with Gasteiger partial charge in [0.2, 0.25) is 11.7 Å².